The molecule has 1 aliphatic rings. The number of carbonyl (C=O) groups is 1. The van der Waals surface area contributed by atoms with Crippen molar-refractivity contribution in [3.05, 3.63) is 58.1 Å². The number of phenols is 1. The highest BCUT2D eigenvalue weighted by Gasteiger charge is 2.25. The quantitative estimate of drug-likeness (QED) is 0.510. The lowest BCUT2D eigenvalue weighted by Gasteiger charge is -2.37. The molecule has 1 saturated heterocycles. The molecule has 2 aromatic rings. The monoisotopic (exact) mass is 357 g/mol. The molecule has 0 radical (unpaired) electrons. The third kappa shape index (κ3) is 3.39. The standard InChI is InChI=1S/C18H19N3O5/c1-26-18(23)14-12-13(6-7-15(14)21(24)25)19-8-10-20(11-9-19)16-4-2-3-5-17(16)22/h2-7,12,22H,8-11H2,1H3. The molecule has 1 aliphatic heterocycles. The first-order valence-electron chi connectivity index (χ1n) is 8.16. The topological polar surface area (TPSA) is 96.2 Å². The summed E-state index contributed by atoms with van der Waals surface area (Å²) in [5, 5.41) is 21.1. The second-order valence-corrected chi connectivity index (χ2v) is 5.91. The summed E-state index contributed by atoms with van der Waals surface area (Å²) in [6, 6.07) is 11.6. The first-order valence-corrected chi connectivity index (χ1v) is 8.16. The summed E-state index contributed by atoms with van der Waals surface area (Å²) in [4.78, 5) is 26.5. The lowest BCUT2D eigenvalue weighted by Crippen LogP contribution is -2.46. The van der Waals surface area contributed by atoms with E-state index < -0.39 is 10.9 Å². The smallest absolute Gasteiger partial charge is 0.344 e. The van der Waals surface area contributed by atoms with Crippen molar-refractivity contribution in [3.63, 3.8) is 0 Å². The molecule has 26 heavy (non-hydrogen) atoms. The Kier molecular flexibility index (Phi) is 4.92. The molecule has 0 aromatic heterocycles. The minimum Gasteiger partial charge on any atom is -0.506 e. The molecule has 0 unspecified atom stereocenters. The first-order chi connectivity index (χ1) is 12.5. The van der Waals surface area contributed by atoms with Crippen LogP contribution < -0.4 is 9.80 Å². The molecular weight excluding hydrogens is 338 g/mol. The summed E-state index contributed by atoms with van der Waals surface area (Å²) in [6.45, 7) is 2.68. The molecule has 1 N–H and O–H groups in total. The summed E-state index contributed by atoms with van der Waals surface area (Å²) < 4.78 is 4.66. The maximum absolute atomic E-state index is 11.9. The van der Waals surface area contributed by atoms with Gasteiger partial charge in [-0.2, -0.15) is 0 Å². The van der Waals surface area contributed by atoms with Gasteiger partial charge in [0.25, 0.3) is 5.69 Å². The van der Waals surface area contributed by atoms with Gasteiger partial charge in [0.1, 0.15) is 11.3 Å². The minimum atomic E-state index is -0.730. The molecule has 136 valence electrons. The van der Waals surface area contributed by atoms with Crippen LogP contribution in [0.3, 0.4) is 0 Å². The highest BCUT2D eigenvalue weighted by atomic mass is 16.6. The number of benzene rings is 2. The molecular formula is C18H19N3O5. The Morgan fingerprint density at radius 1 is 1.12 bits per heavy atom. The second kappa shape index (κ2) is 7.30. The molecule has 0 aliphatic carbocycles. The number of anilines is 2. The highest BCUT2D eigenvalue weighted by Crippen LogP contribution is 2.30. The van der Waals surface area contributed by atoms with E-state index in [4.69, 9.17) is 0 Å². The second-order valence-electron chi connectivity index (χ2n) is 5.91. The van der Waals surface area contributed by atoms with Crippen LogP contribution in [0.4, 0.5) is 17.1 Å². The van der Waals surface area contributed by atoms with Crippen LogP contribution in [-0.2, 0) is 4.74 Å². The van der Waals surface area contributed by atoms with E-state index in [9.17, 15) is 20.0 Å². The van der Waals surface area contributed by atoms with Crippen LogP contribution in [0.1, 0.15) is 10.4 Å². The van der Waals surface area contributed by atoms with Crippen molar-refractivity contribution in [2.45, 2.75) is 0 Å². The van der Waals surface area contributed by atoms with Gasteiger partial charge in [-0.1, -0.05) is 12.1 Å². The van der Waals surface area contributed by atoms with Gasteiger partial charge in [-0.05, 0) is 24.3 Å². The zero-order valence-electron chi connectivity index (χ0n) is 14.3. The summed E-state index contributed by atoms with van der Waals surface area (Å²) in [5.74, 6) is -0.490. The minimum absolute atomic E-state index is 0.0573. The summed E-state index contributed by atoms with van der Waals surface area (Å²) in [7, 11) is 1.20. The van der Waals surface area contributed by atoms with Gasteiger partial charge in [0.15, 0.2) is 0 Å². The van der Waals surface area contributed by atoms with Crippen LogP contribution >= 0.6 is 0 Å². The van der Waals surface area contributed by atoms with Crippen LogP contribution in [0.15, 0.2) is 42.5 Å². The van der Waals surface area contributed by atoms with Crippen molar-refractivity contribution in [2.24, 2.45) is 0 Å². The lowest BCUT2D eigenvalue weighted by atomic mass is 10.1. The SMILES string of the molecule is COC(=O)c1cc(N2CCN(c3ccccc3O)CC2)ccc1[N+](=O)[O-]. The largest absolute Gasteiger partial charge is 0.506 e. The Balaban J connectivity index is 1.78. The van der Waals surface area contributed by atoms with Crippen molar-refractivity contribution in [3.8, 4) is 5.75 Å². The van der Waals surface area contributed by atoms with Crippen LogP contribution in [0.5, 0.6) is 5.75 Å². The van der Waals surface area contributed by atoms with Gasteiger partial charge < -0.3 is 19.6 Å². The van der Waals surface area contributed by atoms with Crippen molar-refractivity contribution in [2.75, 3.05) is 43.1 Å². The number of phenolic OH excluding ortho intramolecular Hbond substituents is 1. The number of nitrogens with zero attached hydrogens (tertiary/aromatic N) is 3. The number of ether oxygens (including phenoxy) is 1. The molecule has 1 heterocycles. The van der Waals surface area contributed by atoms with Gasteiger partial charge in [-0.3, -0.25) is 10.1 Å². The van der Waals surface area contributed by atoms with E-state index in [1.54, 1.807) is 18.2 Å². The zero-order chi connectivity index (χ0) is 18.7. The predicted octanol–water partition coefficient (Wildman–Crippen LogP) is 2.41. The fraction of sp³-hybridized carbons (Fsp3) is 0.278. The van der Waals surface area contributed by atoms with E-state index in [1.165, 1.54) is 19.2 Å². The Morgan fingerprint density at radius 2 is 1.77 bits per heavy atom. The van der Waals surface area contributed by atoms with E-state index in [2.05, 4.69) is 9.64 Å². The van der Waals surface area contributed by atoms with E-state index in [1.807, 2.05) is 17.0 Å². The number of nitro benzene ring substituents is 1. The number of para-hydroxylation sites is 2. The van der Waals surface area contributed by atoms with Gasteiger partial charge in [-0.15, -0.1) is 0 Å². The third-order valence-electron chi connectivity index (χ3n) is 4.45. The predicted molar refractivity (Wildman–Crippen MR) is 97.0 cm³/mol. The Morgan fingerprint density at radius 3 is 2.38 bits per heavy atom. The van der Waals surface area contributed by atoms with Gasteiger partial charge in [0.05, 0.1) is 17.7 Å². The maximum Gasteiger partial charge on any atom is 0.344 e. The van der Waals surface area contributed by atoms with Gasteiger partial charge >= 0.3 is 5.97 Å². The Bertz CT molecular complexity index is 831. The normalized spacial score (nSPS) is 14.2. The molecule has 0 atom stereocenters. The number of carbonyl (C=O) groups excluding carboxylic acids is 1. The maximum atomic E-state index is 11.9. The van der Waals surface area contributed by atoms with E-state index in [0.717, 1.165) is 11.4 Å². The fourth-order valence-electron chi connectivity index (χ4n) is 3.09. The number of piperazine rings is 1. The van der Waals surface area contributed by atoms with Gasteiger partial charge in [0.2, 0.25) is 0 Å². The number of hydrogen-bond acceptors (Lipinski definition) is 7. The van der Waals surface area contributed by atoms with E-state index in [-0.39, 0.29) is 17.0 Å². The number of esters is 1. The van der Waals surface area contributed by atoms with E-state index in [0.29, 0.717) is 26.2 Å². The average Bonchev–Trinajstić information content (AvgIpc) is 2.67. The van der Waals surface area contributed by atoms with Crippen LogP contribution in [0.2, 0.25) is 0 Å². The summed E-state index contributed by atoms with van der Waals surface area (Å²) >= 11 is 0. The van der Waals surface area contributed by atoms with Crippen LogP contribution in [0, 0.1) is 10.1 Å². The van der Waals surface area contributed by atoms with Crippen molar-refractivity contribution in [1.29, 1.82) is 0 Å². The van der Waals surface area contributed by atoms with Crippen molar-refractivity contribution in [1.82, 2.24) is 0 Å². The molecule has 1 fully saturated rings. The van der Waals surface area contributed by atoms with Gasteiger partial charge in [0, 0.05) is 37.9 Å². The van der Waals surface area contributed by atoms with Crippen LogP contribution in [-0.4, -0.2) is 49.3 Å². The Hall–Kier alpha value is -3.29. The average molecular weight is 357 g/mol. The molecule has 8 heteroatoms. The Labute approximate surface area is 150 Å². The number of aromatic hydroxyl groups is 1. The van der Waals surface area contributed by atoms with Gasteiger partial charge in [-0.25, -0.2) is 4.79 Å². The van der Waals surface area contributed by atoms with Crippen molar-refractivity contribution < 1.29 is 19.6 Å². The number of methoxy groups -OCH3 is 1. The number of hydrogen-bond donors (Lipinski definition) is 1. The van der Waals surface area contributed by atoms with Crippen LogP contribution in [0.25, 0.3) is 0 Å². The molecule has 3 rings (SSSR count). The molecule has 8 nitrogen and oxygen atoms in total. The number of nitro groups is 1. The summed E-state index contributed by atoms with van der Waals surface area (Å²) in [6.07, 6.45) is 0. The summed E-state index contributed by atoms with van der Waals surface area (Å²) in [5.41, 5.74) is 1.19. The number of rotatable bonds is 4. The first kappa shape index (κ1) is 17.5. The molecule has 0 amide bonds. The molecule has 0 saturated carbocycles. The highest BCUT2D eigenvalue weighted by molar-refractivity contribution is 5.95. The van der Waals surface area contributed by atoms with Crippen molar-refractivity contribution >= 4 is 23.0 Å². The molecule has 0 spiro atoms. The lowest BCUT2D eigenvalue weighted by molar-refractivity contribution is -0.385. The fourth-order valence-corrected chi connectivity index (χ4v) is 3.09. The zero-order valence-corrected chi connectivity index (χ0v) is 14.3. The van der Waals surface area contributed by atoms with E-state index >= 15 is 0 Å². The molecule has 0 bridgehead atoms. The third-order valence-corrected chi connectivity index (χ3v) is 4.45. The molecule has 2 aromatic carbocycles.